The van der Waals surface area contributed by atoms with E-state index < -0.39 is 23.6 Å². The zero-order valence-electron chi connectivity index (χ0n) is 11.1. The number of anilines is 1. The highest BCUT2D eigenvalue weighted by molar-refractivity contribution is 9.10. The molecule has 0 aliphatic rings. The summed E-state index contributed by atoms with van der Waals surface area (Å²) in [4.78, 5) is 11.9. The Morgan fingerprint density at radius 3 is 2.57 bits per heavy atom. The van der Waals surface area contributed by atoms with E-state index in [1.165, 1.54) is 37.3 Å². The van der Waals surface area contributed by atoms with Crippen LogP contribution in [0.3, 0.4) is 0 Å². The van der Waals surface area contributed by atoms with Crippen LogP contribution in [-0.2, 0) is 4.79 Å². The second-order valence-electron chi connectivity index (χ2n) is 4.30. The van der Waals surface area contributed by atoms with Gasteiger partial charge in [0.2, 0.25) is 0 Å². The first-order valence-corrected chi connectivity index (χ1v) is 6.94. The predicted octanol–water partition coefficient (Wildman–Crippen LogP) is 4.13. The summed E-state index contributed by atoms with van der Waals surface area (Å²) in [6, 6.07) is 10.0. The van der Waals surface area contributed by atoms with Crippen LogP contribution in [0.25, 0.3) is 0 Å². The summed E-state index contributed by atoms with van der Waals surface area (Å²) in [5.74, 6) is -1.75. The number of benzene rings is 2. The minimum Gasteiger partial charge on any atom is -0.478 e. The number of nitrogens with one attached hydrogen (secondary N) is 1. The first kappa shape index (κ1) is 15.4. The molecule has 2 rings (SSSR count). The second-order valence-corrected chi connectivity index (χ2v) is 5.22. The minimum absolute atomic E-state index is 0.0469. The van der Waals surface area contributed by atoms with Crippen LogP contribution >= 0.6 is 15.9 Å². The molecule has 0 spiro atoms. The van der Waals surface area contributed by atoms with Crippen molar-refractivity contribution in [1.82, 2.24) is 0 Å². The average molecular weight is 356 g/mol. The third kappa shape index (κ3) is 4.01. The Labute approximate surface area is 129 Å². The molecular formula is C15H12BrF2NO2. The third-order valence-corrected chi connectivity index (χ3v) is 3.19. The van der Waals surface area contributed by atoms with Gasteiger partial charge >= 0.3 is 0 Å². The maximum absolute atomic E-state index is 13.6. The van der Waals surface area contributed by atoms with E-state index in [2.05, 4.69) is 21.2 Å². The lowest BCUT2D eigenvalue weighted by molar-refractivity contribution is -0.122. The number of hydrogen-bond donors (Lipinski definition) is 1. The summed E-state index contributed by atoms with van der Waals surface area (Å²) in [5.41, 5.74) is 0.0502. The van der Waals surface area contributed by atoms with Crippen LogP contribution in [0, 0.1) is 11.6 Å². The molecule has 0 radical (unpaired) electrons. The van der Waals surface area contributed by atoms with Crippen LogP contribution in [-0.4, -0.2) is 12.0 Å². The molecule has 1 N–H and O–H groups in total. The molecule has 0 saturated carbocycles. The largest absolute Gasteiger partial charge is 0.478 e. The van der Waals surface area contributed by atoms with Crippen molar-refractivity contribution < 1.29 is 18.3 Å². The van der Waals surface area contributed by atoms with Crippen molar-refractivity contribution in [3.63, 3.8) is 0 Å². The molecule has 0 saturated heterocycles. The highest BCUT2D eigenvalue weighted by Gasteiger charge is 2.18. The van der Waals surface area contributed by atoms with Crippen molar-refractivity contribution in [3.05, 3.63) is 58.6 Å². The van der Waals surface area contributed by atoms with Gasteiger partial charge in [-0.15, -0.1) is 0 Å². The van der Waals surface area contributed by atoms with Gasteiger partial charge in [0.05, 0.1) is 5.69 Å². The van der Waals surface area contributed by atoms with Gasteiger partial charge < -0.3 is 10.1 Å². The normalized spacial score (nSPS) is 11.8. The highest BCUT2D eigenvalue weighted by Crippen LogP contribution is 2.22. The van der Waals surface area contributed by atoms with Crippen molar-refractivity contribution in [1.29, 1.82) is 0 Å². The van der Waals surface area contributed by atoms with Crippen molar-refractivity contribution in [2.75, 3.05) is 5.32 Å². The number of carbonyl (C=O) groups excluding carboxylic acids is 1. The quantitative estimate of drug-likeness (QED) is 0.895. The SMILES string of the molecule is CC(Oc1ccc(Br)cc1F)C(=O)Nc1ccccc1F. The fraction of sp³-hybridized carbons (Fsp3) is 0.133. The summed E-state index contributed by atoms with van der Waals surface area (Å²) in [5, 5.41) is 2.39. The Hall–Kier alpha value is -1.95. The van der Waals surface area contributed by atoms with Gasteiger partial charge in [0.25, 0.3) is 5.91 Å². The molecule has 1 amide bonds. The molecule has 6 heteroatoms. The summed E-state index contributed by atoms with van der Waals surface area (Å²) in [6.45, 7) is 1.46. The average Bonchev–Trinajstić information content (AvgIpc) is 2.44. The number of rotatable bonds is 4. The van der Waals surface area contributed by atoms with Crippen LogP contribution < -0.4 is 10.1 Å². The maximum Gasteiger partial charge on any atom is 0.265 e. The summed E-state index contributed by atoms with van der Waals surface area (Å²) >= 11 is 3.13. The van der Waals surface area contributed by atoms with Crippen LogP contribution in [0.2, 0.25) is 0 Å². The number of para-hydroxylation sites is 1. The third-order valence-electron chi connectivity index (χ3n) is 2.70. The predicted molar refractivity (Wildman–Crippen MR) is 79.2 cm³/mol. The number of halogens is 3. The zero-order chi connectivity index (χ0) is 15.4. The molecule has 3 nitrogen and oxygen atoms in total. The Morgan fingerprint density at radius 1 is 1.19 bits per heavy atom. The first-order valence-electron chi connectivity index (χ1n) is 6.14. The molecule has 110 valence electrons. The lowest BCUT2D eigenvalue weighted by Crippen LogP contribution is -2.30. The number of carbonyl (C=O) groups is 1. The Balaban J connectivity index is 2.04. The molecule has 0 bridgehead atoms. The summed E-state index contributed by atoms with van der Waals surface area (Å²) in [7, 11) is 0. The lowest BCUT2D eigenvalue weighted by Gasteiger charge is -2.15. The van der Waals surface area contributed by atoms with Gasteiger partial charge in [0.15, 0.2) is 17.7 Å². The van der Waals surface area contributed by atoms with Crippen molar-refractivity contribution in [2.24, 2.45) is 0 Å². The molecule has 21 heavy (non-hydrogen) atoms. The van der Waals surface area contributed by atoms with E-state index in [-0.39, 0.29) is 11.4 Å². The molecule has 0 aliphatic carbocycles. The molecule has 1 unspecified atom stereocenters. The number of ether oxygens (including phenoxy) is 1. The molecule has 0 fully saturated rings. The van der Waals surface area contributed by atoms with Crippen molar-refractivity contribution in [2.45, 2.75) is 13.0 Å². The van der Waals surface area contributed by atoms with E-state index in [1.807, 2.05) is 0 Å². The topological polar surface area (TPSA) is 38.3 Å². The summed E-state index contributed by atoms with van der Waals surface area (Å²) in [6.07, 6.45) is -0.972. The smallest absolute Gasteiger partial charge is 0.265 e. The fourth-order valence-electron chi connectivity index (χ4n) is 1.61. The molecule has 1 atom stereocenters. The molecule has 2 aromatic carbocycles. The van der Waals surface area contributed by atoms with E-state index in [0.717, 1.165) is 0 Å². The van der Waals surface area contributed by atoms with Crippen molar-refractivity contribution in [3.8, 4) is 5.75 Å². The zero-order valence-corrected chi connectivity index (χ0v) is 12.7. The van der Waals surface area contributed by atoms with E-state index in [9.17, 15) is 13.6 Å². The molecule has 0 heterocycles. The van der Waals surface area contributed by atoms with Gasteiger partial charge in [-0.3, -0.25) is 4.79 Å². The standard InChI is InChI=1S/C15H12BrF2NO2/c1-9(21-14-7-6-10(16)8-12(14)18)15(20)19-13-5-3-2-4-11(13)17/h2-9H,1H3,(H,19,20). The van der Waals surface area contributed by atoms with Gasteiger partial charge in [-0.05, 0) is 37.3 Å². The number of hydrogen-bond acceptors (Lipinski definition) is 2. The van der Waals surface area contributed by atoms with Crippen LogP contribution in [0.4, 0.5) is 14.5 Å². The van der Waals surface area contributed by atoms with E-state index in [4.69, 9.17) is 4.74 Å². The van der Waals surface area contributed by atoms with Gasteiger partial charge in [-0.2, -0.15) is 0 Å². The second kappa shape index (κ2) is 6.67. The maximum atomic E-state index is 13.6. The minimum atomic E-state index is -0.972. The summed E-state index contributed by atoms with van der Waals surface area (Å²) < 4.78 is 32.9. The highest BCUT2D eigenvalue weighted by atomic mass is 79.9. The van der Waals surface area contributed by atoms with Gasteiger partial charge in [0.1, 0.15) is 5.82 Å². The number of amides is 1. The van der Waals surface area contributed by atoms with Crippen LogP contribution in [0.1, 0.15) is 6.92 Å². The Kier molecular flexibility index (Phi) is 4.90. The van der Waals surface area contributed by atoms with Gasteiger partial charge in [0, 0.05) is 4.47 Å². The lowest BCUT2D eigenvalue weighted by atomic mass is 10.2. The van der Waals surface area contributed by atoms with Crippen molar-refractivity contribution >= 4 is 27.5 Å². The van der Waals surface area contributed by atoms with E-state index >= 15 is 0 Å². The van der Waals surface area contributed by atoms with E-state index in [0.29, 0.717) is 4.47 Å². The molecule has 0 aliphatic heterocycles. The Morgan fingerprint density at radius 2 is 1.90 bits per heavy atom. The first-order chi connectivity index (χ1) is 9.97. The van der Waals surface area contributed by atoms with Crippen LogP contribution in [0.15, 0.2) is 46.9 Å². The molecular weight excluding hydrogens is 344 g/mol. The van der Waals surface area contributed by atoms with Gasteiger partial charge in [-0.25, -0.2) is 8.78 Å². The Bertz CT molecular complexity index is 664. The van der Waals surface area contributed by atoms with Crippen LogP contribution in [0.5, 0.6) is 5.75 Å². The molecule has 0 aromatic heterocycles. The monoisotopic (exact) mass is 355 g/mol. The molecule has 2 aromatic rings. The fourth-order valence-corrected chi connectivity index (χ4v) is 1.94. The van der Waals surface area contributed by atoms with E-state index in [1.54, 1.807) is 12.1 Å². The van der Waals surface area contributed by atoms with Gasteiger partial charge in [-0.1, -0.05) is 28.1 Å².